The lowest BCUT2D eigenvalue weighted by Crippen LogP contribution is -2.47. The van der Waals surface area contributed by atoms with Gasteiger partial charge in [-0.2, -0.15) is 0 Å². The highest BCUT2D eigenvalue weighted by Gasteiger charge is 2.29. The minimum Gasteiger partial charge on any atom is -0.480 e. The number of rotatable bonds is 3. The Kier molecular flexibility index (Phi) is 4.39. The fraction of sp³-hybridized carbons (Fsp3) is 0.462. The molecule has 1 aromatic rings. The molecule has 1 N–H and O–H groups in total. The van der Waals surface area contributed by atoms with Crippen LogP contribution in [0.3, 0.4) is 0 Å². The summed E-state index contributed by atoms with van der Waals surface area (Å²) in [6.45, 7) is 2.97. The van der Waals surface area contributed by atoms with Gasteiger partial charge in [0.05, 0.1) is 5.02 Å². The van der Waals surface area contributed by atoms with Crippen LogP contribution in [-0.2, 0) is 4.79 Å². The second-order valence-corrected chi connectivity index (χ2v) is 5.16. The van der Waals surface area contributed by atoms with Gasteiger partial charge in [-0.1, -0.05) is 17.7 Å². The smallest absolute Gasteiger partial charge is 0.325 e. The van der Waals surface area contributed by atoms with Crippen molar-refractivity contribution in [3.05, 3.63) is 34.6 Å². The van der Waals surface area contributed by atoms with Crippen LogP contribution in [0.15, 0.2) is 18.2 Å². The second-order valence-electron chi connectivity index (χ2n) is 4.75. The van der Waals surface area contributed by atoms with E-state index in [1.807, 2.05) is 11.9 Å². The van der Waals surface area contributed by atoms with Crippen molar-refractivity contribution in [3.63, 3.8) is 0 Å². The van der Waals surface area contributed by atoms with Gasteiger partial charge in [0, 0.05) is 26.2 Å². The van der Waals surface area contributed by atoms with Crippen LogP contribution in [0.1, 0.15) is 11.6 Å². The van der Waals surface area contributed by atoms with Gasteiger partial charge in [-0.25, -0.2) is 4.39 Å². The fourth-order valence-electron chi connectivity index (χ4n) is 2.27. The van der Waals surface area contributed by atoms with Gasteiger partial charge in [-0.15, -0.1) is 0 Å². The summed E-state index contributed by atoms with van der Waals surface area (Å²) in [5.41, 5.74) is 0.517. The molecule has 19 heavy (non-hydrogen) atoms. The zero-order chi connectivity index (χ0) is 14.0. The molecule has 1 saturated heterocycles. The number of piperazine rings is 1. The summed E-state index contributed by atoms with van der Waals surface area (Å²) in [6, 6.07) is 3.32. The van der Waals surface area contributed by atoms with Gasteiger partial charge in [-0.05, 0) is 24.7 Å². The lowest BCUT2D eigenvalue weighted by Gasteiger charge is -2.36. The van der Waals surface area contributed by atoms with E-state index in [9.17, 15) is 14.3 Å². The van der Waals surface area contributed by atoms with Crippen LogP contribution in [0.25, 0.3) is 0 Å². The SMILES string of the molecule is CN1CCN(C(C(=O)O)c2ccc(F)c(Cl)c2)CC1. The van der Waals surface area contributed by atoms with Crippen LogP contribution in [0.4, 0.5) is 4.39 Å². The summed E-state index contributed by atoms with van der Waals surface area (Å²) in [5, 5.41) is 9.37. The highest BCUT2D eigenvalue weighted by Crippen LogP contribution is 2.26. The Bertz CT molecular complexity index is 476. The van der Waals surface area contributed by atoms with Crippen LogP contribution in [0, 0.1) is 5.82 Å². The third-order valence-corrected chi connectivity index (χ3v) is 3.69. The summed E-state index contributed by atoms with van der Waals surface area (Å²) in [6.07, 6.45) is 0. The van der Waals surface area contributed by atoms with Crippen molar-refractivity contribution in [1.29, 1.82) is 0 Å². The molecule has 0 aliphatic carbocycles. The largest absolute Gasteiger partial charge is 0.480 e. The monoisotopic (exact) mass is 286 g/mol. The Labute approximate surface area is 116 Å². The molecule has 0 bridgehead atoms. The normalized spacial score (nSPS) is 19.3. The molecule has 1 heterocycles. The maximum Gasteiger partial charge on any atom is 0.325 e. The number of carboxylic acid groups (broad SMARTS) is 1. The van der Waals surface area contributed by atoms with E-state index in [0.717, 1.165) is 13.1 Å². The zero-order valence-corrected chi connectivity index (χ0v) is 11.4. The number of aliphatic carboxylic acids is 1. The van der Waals surface area contributed by atoms with Crippen molar-refractivity contribution in [2.45, 2.75) is 6.04 Å². The van der Waals surface area contributed by atoms with Crippen LogP contribution in [0.2, 0.25) is 5.02 Å². The predicted molar refractivity (Wildman–Crippen MR) is 70.9 cm³/mol. The van der Waals surface area contributed by atoms with Crippen LogP contribution in [0.5, 0.6) is 0 Å². The van der Waals surface area contributed by atoms with Crippen LogP contribution in [-0.4, -0.2) is 54.1 Å². The van der Waals surface area contributed by atoms with Gasteiger partial charge in [0.25, 0.3) is 0 Å². The average Bonchev–Trinajstić information content (AvgIpc) is 2.36. The number of carboxylic acids is 1. The Balaban J connectivity index is 2.24. The van der Waals surface area contributed by atoms with Crippen LogP contribution >= 0.6 is 11.6 Å². The molecule has 0 spiro atoms. The number of hydrogen-bond acceptors (Lipinski definition) is 3. The third-order valence-electron chi connectivity index (χ3n) is 3.40. The summed E-state index contributed by atoms with van der Waals surface area (Å²) >= 11 is 5.73. The Morgan fingerprint density at radius 1 is 1.37 bits per heavy atom. The minimum absolute atomic E-state index is 0.0436. The summed E-state index contributed by atoms with van der Waals surface area (Å²) in [4.78, 5) is 15.5. The molecule has 1 fully saturated rings. The number of benzene rings is 1. The van der Waals surface area contributed by atoms with Gasteiger partial charge in [0.15, 0.2) is 0 Å². The number of nitrogens with zero attached hydrogens (tertiary/aromatic N) is 2. The zero-order valence-electron chi connectivity index (χ0n) is 10.6. The van der Waals surface area contributed by atoms with Crippen molar-refractivity contribution >= 4 is 17.6 Å². The first-order chi connectivity index (χ1) is 8.99. The molecule has 0 aromatic heterocycles. The maximum atomic E-state index is 13.2. The van der Waals surface area contributed by atoms with Gasteiger partial charge >= 0.3 is 5.97 Å². The van der Waals surface area contributed by atoms with Crippen molar-refractivity contribution in [1.82, 2.24) is 9.80 Å². The highest BCUT2D eigenvalue weighted by atomic mass is 35.5. The molecular formula is C13H16ClFN2O2. The lowest BCUT2D eigenvalue weighted by atomic mass is 10.0. The minimum atomic E-state index is -0.938. The molecule has 2 rings (SSSR count). The fourth-order valence-corrected chi connectivity index (χ4v) is 2.46. The molecule has 1 atom stereocenters. The van der Waals surface area contributed by atoms with Gasteiger partial charge in [-0.3, -0.25) is 9.69 Å². The first-order valence-electron chi connectivity index (χ1n) is 6.09. The van der Waals surface area contributed by atoms with Crippen molar-refractivity contribution in [2.24, 2.45) is 0 Å². The molecule has 0 amide bonds. The maximum absolute atomic E-state index is 13.2. The van der Waals surface area contributed by atoms with Crippen molar-refractivity contribution < 1.29 is 14.3 Å². The van der Waals surface area contributed by atoms with E-state index in [1.54, 1.807) is 0 Å². The second kappa shape index (κ2) is 5.86. The Morgan fingerprint density at radius 2 is 2.00 bits per heavy atom. The molecular weight excluding hydrogens is 271 g/mol. The molecule has 4 nitrogen and oxygen atoms in total. The van der Waals surface area contributed by atoms with E-state index < -0.39 is 17.8 Å². The molecule has 104 valence electrons. The first kappa shape index (κ1) is 14.2. The summed E-state index contributed by atoms with van der Waals surface area (Å²) in [7, 11) is 2.00. The van der Waals surface area contributed by atoms with E-state index >= 15 is 0 Å². The van der Waals surface area contributed by atoms with Crippen molar-refractivity contribution in [2.75, 3.05) is 33.2 Å². The number of halogens is 2. The first-order valence-corrected chi connectivity index (χ1v) is 6.47. The van der Waals surface area contributed by atoms with E-state index in [1.165, 1.54) is 18.2 Å². The number of carbonyl (C=O) groups is 1. The van der Waals surface area contributed by atoms with Crippen molar-refractivity contribution in [3.8, 4) is 0 Å². The third kappa shape index (κ3) is 3.23. The Morgan fingerprint density at radius 3 is 2.53 bits per heavy atom. The van der Waals surface area contributed by atoms with Crippen LogP contribution < -0.4 is 0 Å². The predicted octanol–water partition coefficient (Wildman–Crippen LogP) is 1.85. The topological polar surface area (TPSA) is 43.8 Å². The molecule has 0 saturated carbocycles. The standard InChI is InChI=1S/C13H16ClFN2O2/c1-16-4-6-17(7-5-16)12(13(18)19)9-2-3-11(15)10(14)8-9/h2-3,8,12H,4-7H2,1H3,(H,18,19). The van der Waals surface area contributed by atoms with Gasteiger partial charge < -0.3 is 10.0 Å². The van der Waals surface area contributed by atoms with E-state index in [-0.39, 0.29) is 5.02 Å². The van der Waals surface area contributed by atoms with E-state index in [2.05, 4.69) is 4.90 Å². The van der Waals surface area contributed by atoms with Gasteiger partial charge in [0.2, 0.25) is 0 Å². The molecule has 1 aliphatic rings. The van der Waals surface area contributed by atoms with E-state index in [4.69, 9.17) is 11.6 Å². The molecule has 1 aliphatic heterocycles. The quantitative estimate of drug-likeness (QED) is 0.921. The molecule has 1 aromatic carbocycles. The molecule has 1 unspecified atom stereocenters. The van der Waals surface area contributed by atoms with Gasteiger partial charge in [0.1, 0.15) is 11.9 Å². The highest BCUT2D eigenvalue weighted by molar-refractivity contribution is 6.30. The average molecular weight is 287 g/mol. The number of hydrogen-bond donors (Lipinski definition) is 1. The number of likely N-dealkylation sites (N-methyl/N-ethyl adjacent to an activating group) is 1. The summed E-state index contributed by atoms with van der Waals surface area (Å²) in [5.74, 6) is -1.47. The Hall–Kier alpha value is -1.17. The molecule has 0 radical (unpaired) electrons. The lowest BCUT2D eigenvalue weighted by molar-refractivity contribution is -0.144. The van der Waals surface area contributed by atoms with E-state index in [0.29, 0.717) is 18.7 Å². The molecule has 6 heteroatoms. The summed E-state index contributed by atoms with van der Waals surface area (Å²) < 4.78 is 13.2.